The van der Waals surface area contributed by atoms with Crippen molar-refractivity contribution < 1.29 is 4.74 Å². The number of pyridine rings is 1. The molecule has 6 heterocycles. The Labute approximate surface area is 679 Å². The molecule has 3 aromatic heterocycles. The van der Waals surface area contributed by atoms with Crippen molar-refractivity contribution in [1.82, 2.24) is 24.5 Å². The van der Waals surface area contributed by atoms with Crippen LogP contribution in [0.25, 0.3) is 56.1 Å². The summed E-state index contributed by atoms with van der Waals surface area (Å²) in [6, 6.07) is 101. The minimum atomic E-state index is 0.343. The highest BCUT2D eigenvalue weighted by molar-refractivity contribution is 7.99. The van der Waals surface area contributed by atoms with Gasteiger partial charge in [0, 0.05) is 81.6 Å². The highest BCUT2D eigenvalue weighted by Gasteiger charge is 2.26. The van der Waals surface area contributed by atoms with Gasteiger partial charge in [-0.3, -0.25) is 0 Å². The van der Waals surface area contributed by atoms with Gasteiger partial charge in [-0.25, -0.2) is 14.3 Å². The fourth-order valence-corrected chi connectivity index (χ4v) is 15.3. The third-order valence-corrected chi connectivity index (χ3v) is 21.9. The van der Waals surface area contributed by atoms with E-state index in [2.05, 4.69) is 352 Å². The average molecular weight is 1530 g/mol. The van der Waals surface area contributed by atoms with Gasteiger partial charge in [0.05, 0.1) is 44.8 Å². The maximum absolute atomic E-state index is 6.28. The third-order valence-electron chi connectivity index (χ3n) is 20.2. The molecule has 0 bridgehead atoms. The molecule has 17 rings (SSSR count). The Kier molecular flexibility index (Phi) is 27.6. The van der Waals surface area contributed by atoms with Gasteiger partial charge < -0.3 is 14.5 Å². The Morgan fingerprint density at radius 2 is 0.893 bits per heavy atom. The lowest BCUT2D eigenvalue weighted by molar-refractivity contribution is 0.440. The van der Waals surface area contributed by atoms with E-state index in [0.29, 0.717) is 35.5 Å². The van der Waals surface area contributed by atoms with E-state index in [9.17, 15) is 0 Å². The topological polar surface area (TPSA) is 64.2 Å². The number of ether oxygens (including phenoxy) is 1. The number of halogens is 2. The smallest absolute Gasteiger partial charge is 0.222 e. The van der Waals surface area contributed by atoms with Gasteiger partial charge in [0.25, 0.3) is 0 Å². The Bertz CT molecular complexity index is 5360. The summed E-state index contributed by atoms with van der Waals surface area (Å²) >= 11 is 14.1. The lowest BCUT2D eigenvalue weighted by atomic mass is 9.94. The van der Waals surface area contributed by atoms with E-state index in [1.807, 2.05) is 83.2 Å². The molecular weight excluding hydrogens is 1430 g/mol. The van der Waals surface area contributed by atoms with Crippen molar-refractivity contribution in [2.24, 2.45) is 0 Å². The van der Waals surface area contributed by atoms with E-state index in [0.717, 1.165) is 80.8 Å². The summed E-state index contributed by atoms with van der Waals surface area (Å²) in [5.41, 5.74) is 25.6. The predicted octanol–water partition coefficient (Wildman–Crippen LogP) is 28.9. The number of para-hydroxylation sites is 3. The number of aromatic nitrogens is 5. The number of fused-ring (bicyclic) bond motifs is 4. The quantitative estimate of drug-likeness (QED) is 0.107. The monoisotopic (exact) mass is 1530 g/mol. The van der Waals surface area contributed by atoms with Gasteiger partial charge in [0.15, 0.2) is 0 Å². The van der Waals surface area contributed by atoms with Crippen molar-refractivity contribution in [2.75, 3.05) is 29.9 Å². The molecule has 14 aromatic rings. The van der Waals surface area contributed by atoms with Crippen LogP contribution in [0.3, 0.4) is 0 Å². The zero-order valence-electron chi connectivity index (χ0n) is 66.8. The van der Waals surface area contributed by atoms with Crippen molar-refractivity contribution in [3.8, 4) is 67.8 Å². The Morgan fingerprint density at radius 1 is 0.393 bits per heavy atom. The maximum atomic E-state index is 6.28. The molecule has 0 saturated carbocycles. The summed E-state index contributed by atoms with van der Waals surface area (Å²) in [6.45, 7) is 28.5. The Morgan fingerprint density at radius 3 is 1.49 bits per heavy atom. The van der Waals surface area contributed by atoms with Gasteiger partial charge in [0.2, 0.25) is 5.88 Å². The first-order valence-corrected chi connectivity index (χ1v) is 40.8. The molecule has 8 nitrogen and oxygen atoms in total. The Balaban J connectivity index is 0.000000126. The van der Waals surface area contributed by atoms with Crippen LogP contribution >= 0.6 is 35.0 Å². The van der Waals surface area contributed by atoms with Crippen LogP contribution in [0.1, 0.15) is 163 Å². The van der Waals surface area contributed by atoms with E-state index >= 15 is 0 Å². The highest BCUT2D eigenvalue weighted by Crippen LogP contribution is 2.48. The number of hydrogen-bond acceptors (Lipinski definition) is 7. The van der Waals surface area contributed by atoms with E-state index in [1.54, 1.807) is 6.20 Å². The molecule has 0 aliphatic carbocycles. The molecule has 0 unspecified atom stereocenters. The first-order valence-electron chi connectivity index (χ1n) is 39.2. The summed E-state index contributed by atoms with van der Waals surface area (Å²) in [5.74, 6) is 4.71. The predicted molar refractivity (Wildman–Crippen MR) is 476 cm³/mol. The molecule has 0 saturated heterocycles. The number of hydrogen-bond donors (Lipinski definition) is 0. The Hall–Kier alpha value is -10.9. The molecule has 11 heteroatoms. The molecule has 0 N–H and O–H groups in total. The zero-order chi connectivity index (χ0) is 78.8. The molecule has 11 aromatic carbocycles. The van der Waals surface area contributed by atoms with E-state index in [-0.39, 0.29) is 0 Å². The lowest BCUT2D eigenvalue weighted by Gasteiger charge is -2.30. The van der Waals surface area contributed by atoms with Gasteiger partial charge in [-0.2, -0.15) is 10.2 Å². The average Bonchev–Trinajstić information content (AvgIpc) is 1.55. The normalized spacial score (nSPS) is 12.2. The molecule has 0 amide bonds. The molecule has 568 valence electrons. The fraction of sp³-hybridized carbons (Fsp3) is 0.218. The largest absolute Gasteiger partial charge is 0.438 e. The lowest BCUT2D eigenvalue weighted by Crippen LogP contribution is -2.18. The molecular formula is C101H103Cl2N7OS. The number of anilines is 3. The van der Waals surface area contributed by atoms with E-state index in [4.69, 9.17) is 38.1 Å². The fourth-order valence-electron chi connectivity index (χ4n) is 13.7. The SMILES string of the molecule is CC(C)c1c(-c2ccccc2)c(-c2ccccc2)nn1-c1ccccc1.CC(C)c1ccc(-c2ccccc2)cc1.CC(C)c1ccc(N2CC=CC2)c(Cl)c1.CC(C)c1ccc2c(c1)Cc1cccnc1O2.CC(C)c1ccc2c(c1)N(C)c1ccccc1S2.CC(C)c1cn(-c2ccccc2)nc1-c1ccc(Cl)cc1. The summed E-state index contributed by atoms with van der Waals surface area (Å²) in [7, 11) is 2.15. The van der Waals surface area contributed by atoms with Gasteiger partial charge in [-0.05, 0) is 165 Å². The van der Waals surface area contributed by atoms with Gasteiger partial charge in [-0.15, -0.1) is 0 Å². The zero-order valence-corrected chi connectivity index (χ0v) is 69.1. The van der Waals surface area contributed by atoms with Crippen LogP contribution in [0, 0.1) is 0 Å². The van der Waals surface area contributed by atoms with Crippen molar-refractivity contribution in [1.29, 1.82) is 0 Å². The summed E-state index contributed by atoms with van der Waals surface area (Å²) in [4.78, 5) is 11.5. The summed E-state index contributed by atoms with van der Waals surface area (Å²) < 4.78 is 9.85. The van der Waals surface area contributed by atoms with Gasteiger partial charge in [-0.1, -0.05) is 336 Å². The second-order valence-electron chi connectivity index (χ2n) is 30.3. The van der Waals surface area contributed by atoms with Crippen LogP contribution < -0.4 is 14.5 Å². The van der Waals surface area contributed by atoms with Crippen LogP contribution in [0.2, 0.25) is 10.0 Å². The van der Waals surface area contributed by atoms with Crippen LogP contribution in [0.4, 0.5) is 17.1 Å². The summed E-state index contributed by atoms with van der Waals surface area (Å²) in [5, 5.41) is 11.4. The molecule has 0 atom stereocenters. The molecule has 112 heavy (non-hydrogen) atoms. The van der Waals surface area contributed by atoms with Crippen molar-refractivity contribution in [3.05, 3.63) is 370 Å². The van der Waals surface area contributed by atoms with Crippen molar-refractivity contribution in [3.63, 3.8) is 0 Å². The van der Waals surface area contributed by atoms with Crippen molar-refractivity contribution >= 4 is 52.0 Å². The molecule has 0 fully saturated rings. The molecule has 0 radical (unpaired) electrons. The second kappa shape index (κ2) is 38.3. The standard InChI is InChI=1S/C24H22N2.C18H17ClN2.C16H17NS.C15H15NO.C15H16.C13H16ClN/c1-18(2)24-22(19-12-6-3-7-13-19)23(20-14-8-4-9-15-20)25-26(24)21-16-10-5-11-17-21;1-13(2)17-12-21(16-6-4-3-5-7-16)20-18(17)14-8-10-15(19)11-9-14;1-11(2)12-8-9-16-14(10-12)17(3)13-6-4-5-7-15(13)18-16;1-10(2)11-5-6-14-13(8-11)9-12-4-3-7-16-15(12)17-14;1-12(2)13-8-10-15(11-9-13)14-6-4-3-5-7-14;1-10(2)11-5-6-13(12(14)9-11)15-7-3-4-8-15/h3-18H,1-2H3;3-13H,1-2H3;4-11H,1-3H3;3-8,10H,9H2,1-2H3;3-12H,1-2H3;3-6,9-10H,7-8H2,1-2H3. The van der Waals surface area contributed by atoms with E-state index < -0.39 is 0 Å². The van der Waals surface area contributed by atoms with Crippen LogP contribution in [-0.2, 0) is 6.42 Å². The second-order valence-corrected chi connectivity index (χ2v) is 32.2. The van der Waals surface area contributed by atoms with Crippen molar-refractivity contribution in [2.45, 2.75) is 135 Å². The molecule has 3 aliphatic heterocycles. The van der Waals surface area contributed by atoms with Gasteiger partial charge in [0.1, 0.15) is 11.4 Å². The highest BCUT2D eigenvalue weighted by atomic mass is 35.5. The minimum Gasteiger partial charge on any atom is -0.438 e. The maximum Gasteiger partial charge on any atom is 0.222 e. The number of rotatable bonds is 13. The number of benzene rings is 11. The first-order chi connectivity index (χ1) is 54.3. The number of nitrogens with zero attached hydrogens (tertiary/aromatic N) is 7. The third kappa shape index (κ3) is 20.2. The van der Waals surface area contributed by atoms with Crippen LogP contribution in [0.15, 0.2) is 326 Å². The summed E-state index contributed by atoms with van der Waals surface area (Å²) in [6.07, 6.45) is 9.15. The molecule has 0 spiro atoms. The van der Waals surface area contributed by atoms with Gasteiger partial charge >= 0.3 is 0 Å². The van der Waals surface area contributed by atoms with Crippen LogP contribution in [0.5, 0.6) is 11.6 Å². The molecule has 3 aliphatic rings. The first kappa shape index (κ1) is 80.6. The minimum absolute atomic E-state index is 0.343. The van der Waals surface area contributed by atoms with E-state index in [1.165, 1.54) is 88.1 Å². The van der Waals surface area contributed by atoms with Crippen LogP contribution in [-0.4, -0.2) is 44.7 Å².